The molecule has 2 heterocycles. The van der Waals surface area contributed by atoms with Crippen molar-refractivity contribution in [2.45, 2.75) is 0 Å². The minimum absolute atomic E-state index is 0.137. The molecule has 1 aromatic rings. The molecule has 2 rings (SSSR count). The average molecular weight is 247 g/mol. The summed E-state index contributed by atoms with van der Waals surface area (Å²) in [6, 6.07) is 5.26. The summed E-state index contributed by atoms with van der Waals surface area (Å²) in [5, 5.41) is 19.1. The van der Waals surface area contributed by atoms with Gasteiger partial charge in [-0.25, -0.2) is 0 Å². The van der Waals surface area contributed by atoms with Crippen LogP contribution in [0.3, 0.4) is 0 Å². The van der Waals surface area contributed by atoms with Gasteiger partial charge >= 0.3 is 5.82 Å². The Morgan fingerprint density at radius 3 is 2.61 bits per heavy atom. The minimum Gasteiger partial charge on any atom is -0.366 e. The second-order valence-corrected chi connectivity index (χ2v) is 4.05. The third-order valence-corrected chi connectivity index (χ3v) is 2.95. The summed E-state index contributed by atoms with van der Waals surface area (Å²) in [7, 11) is 0. The first-order chi connectivity index (χ1) is 8.70. The lowest BCUT2D eigenvalue weighted by molar-refractivity contribution is -0.389. The lowest BCUT2D eigenvalue weighted by Crippen LogP contribution is -2.46. The summed E-state index contributed by atoms with van der Waals surface area (Å²) in [5.41, 5.74) is 0.886. The number of nitro groups is 1. The molecule has 1 aliphatic rings. The van der Waals surface area contributed by atoms with Crippen molar-refractivity contribution >= 4 is 11.5 Å². The molecular formula is C11H13N5O2. The highest BCUT2D eigenvalue weighted by molar-refractivity contribution is 5.46. The van der Waals surface area contributed by atoms with Crippen LogP contribution in [-0.2, 0) is 0 Å². The first-order valence-electron chi connectivity index (χ1n) is 5.65. The maximum absolute atomic E-state index is 10.5. The lowest BCUT2D eigenvalue weighted by Gasteiger charge is -2.34. The normalized spacial score (nSPS) is 16.3. The predicted molar refractivity (Wildman–Crippen MR) is 65.2 cm³/mol. The zero-order valence-electron chi connectivity index (χ0n) is 9.82. The van der Waals surface area contributed by atoms with Gasteiger partial charge in [-0.1, -0.05) is 0 Å². The largest absolute Gasteiger partial charge is 0.366 e. The Labute approximate surface area is 104 Å². The van der Waals surface area contributed by atoms with Gasteiger partial charge in [-0.2, -0.15) is 5.26 Å². The van der Waals surface area contributed by atoms with Crippen LogP contribution in [-0.4, -0.2) is 47.5 Å². The number of piperazine rings is 1. The molecule has 7 heteroatoms. The molecule has 0 amide bonds. The summed E-state index contributed by atoms with van der Waals surface area (Å²) in [6.07, 6.45) is 1.53. The van der Waals surface area contributed by atoms with E-state index in [4.69, 9.17) is 5.26 Å². The number of rotatable bonds is 3. The molecule has 0 aliphatic carbocycles. The van der Waals surface area contributed by atoms with E-state index in [0.717, 1.165) is 31.9 Å². The zero-order valence-corrected chi connectivity index (χ0v) is 9.82. The van der Waals surface area contributed by atoms with Gasteiger partial charge in [0.2, 0.25) is 0 Å². The number of hydrogen-bond donors (Lipinski definition) is 0. The van der Waals surface area contributed by atoms with Gasteiger partial charge in [-0.3, -0.25) is 4.90 Å². The number of hydrogen-bond acceptors (Lipinski definition) is 6. The maximum atomic E-state index is 10.5. The van der Waals surface area contributed by atoms with Crippen LogP contribution in [0.15, 0.2) is 18.3 Å². The molecule has 1 aliphatic heterocycles. The highest BCUT2D eigenvalue weighted by Gasteiger charge is 2.18. The van der Waals surface area contributed by atoms with Gasteiger partial charge in [-0.15, -0.1) is 0 Å². The van der Waals surface area contributed by atoms with Gasteiger partial charge in [0.1, 0.15) is 0 Å². The molecule has 0 unspecified atom stereocenters. The predicted octanol–water partition coefficient (Wildman–Crippen LogP) is 0.635. The van der Waals surface area contributed by atoms with Crippen molar-refractivity contribution in [1.29, 1.82) is 5.26 Å². The number of anilines is 1. The molecule has 7 nitrogen and oxygen atoms in total. The highest BCUT2D eigenvalue weighted by atomic mass is 16.6. The molecule has 0 aromatic carbocycles. The second kappa shape index (κ2) is 5.42. The molecule has 1 fully saturated rings. The van der Waals surface area contributed by atoms with Crippen LogP contribution >= 0.6 is 0 Å². The molecule has 0 bridgehead atoms. The van der Waals surface area contributed by atoms with Crippen LogP contribution in [0.25, 0.3) is 0 Å². The van der Waals surface area contributed by atoms with E-state index in [1.807, 2.05) is 0 Å². The van der Waals surface area contributed by atoms with Crippen molar-refractivity contribution in [3.63, 3.8) is 0 Å². The summed E-state index contributed by atoms with van der Waals surface area (Å²) >= 11 is 0. The Hall–Kier alpha value is -2.20. The molecule has 0 spiro atoms. The monoisotopic (exact) mass is 247 g/mol. The molecule has 0 atom stereocenters. The SMILES string of the molecule is N#CCN1CCN(c2ccc([N+](=O)[O-])nc2)CC1. The average Bonchev–Trinajstić information content (AvgIpc) is 2.40. The van der Waals surface area contributed by atoms with E-state index in [1.54, 1.807) is 6.07 Å². The fourth-order valence-electron chi connectivity index (χ4n) is 1.94. The number of pyridine rings is 1. The fraction of sp³-hybridized carbons (Fsp3) is 0.455. The number of nitrogens with zero attached hydrogens (tertiary/aromatic N) is 5. The van der Waals surface area contributed by atoms with Crippen LogP contribution in [0.2, 0.25) is 0 Å². The Bertz CT molecular complexity index is 459. The summed E-state index contributed by atoms with van der Waals surface area (Å²) in [5.74, 6) is -0.137. The van der Waals surface area contributed by atoms with Crippen molar-refractivity contribution < 1.29 is 4.92 Å². The standard InChI is InChI=1S/C11H13N5O2/c12-3-4-14-5-7-15(8-6-14)10-1-2-11(13-9-10)16(17)18/h1-2,9H,4-8H2. The van der Waals surface area contributed by atoms with Crippen LogP contribution in [0.5, 0.6) is 0 Å². The van der Waals surface area contributed by atoms with Gasteiger partial charge < -0.3 is 15.0 Å². The van der Waals surface area contributed by atoms with E-state index >= 15 is 0 Å². The molecule has 0 saturated carbocycles. The smallest absolute Gasteiger partial charge is 0.363 e. The van der Waals surface area contributed by atoms with Crippen LogP contribution in [0.1, 0.15) is 0 Å². The van der Waals surface area contributed by atoms with Crippen LogP contribution < -0.4 is 4.90 Å². The Balaban J connectivity index is 1.97. The Morgan fingerprint density at radius 2 is 2.11 bits per heavy atom. The van der Waals surface area contributed by atoms with E-state index in [-0.39, 0.29) is 5.82 Å². The van der Waals surface area contributed by atoms with E-state index in [1.165, 1.54) is 12.3 Å². The topological polar surface area (TPSA) is 86.3 Å². The minimum atomic E-state index is -0.505. The Morgan fingerprint density at radius 1 is 1.39 bits per heavy atom. The van der Waals surface area contributed by atoms with Gasteiger partial charge in [0.25, 0.3) is 0 Å². The van der Waals surface area contributed by atoms with Gasteiger partial charge in [0.05, 0.1) is 18.3 Å². The highest BCUT2D eigenvalue weighted by Crippen LogP contribution is 2.17. The van der Waals surface area contributed by atoms with E-state index in [0.29, 0.717) is 6.54 Å². The van der Waals surface area contributed by atoms with Crippen molar-refractivity contribution in [2.75, 3.05) is 37.6 Å². The molecular weight excluding hydrogens is 234 g/mol. The molecule has 94 valence electrons. The number of aromatic nitrogens is 1. The van der Waals surface area contributed by atoms with E-state index in [2.05, 4.69) is 20.9 Å². The third kappa shape index (κ3) is 2.73. The first-order valence-corrected chi connectivity index (χ1v) is 5.65. The first kappa shape index (κ1) is 12.3. The quantitative estimate of drug-likeness (QED) is 0.442. The summed E-state index contributed by atoms with van der Waals surface area (Å²) in [4.78, 5) is 18.0. The maximum Gasteiger partial charge on any atom is 0.363 e. The fourth-order valence-corrected chi connectivity index (χ4v) is 1.94. The zero-order chi connectivity index (χ0) is 13.0. The molecule has 1 aromatic heterocycles. The van der Waals surface area contributed by atoms with Crippen molar-refractivity contribution in [3.05, 3.63) is 28.4 Å². The number of nitriles is 1. The summed E-state index contributed by atoms with van der Waals surface area (Å²) in [6.45, 7) is 3.71. The molecule has 0 N–H and O–H groups in total. The van der Waals surface area contributed by atoms with Gasteiger partial charge in [0, 0.05) is 32.2 Å². The third-order valence-electron chi connectivity index (χ3n) is 2.95. The van der Waals surface area contributed by atoms with E-state index < -0.39 is 4.92 Å². The summed E-state index contributed by atoms with van der Waals surface area (Å²) < 4.78 is 0. The second-order valence-electron chi connectivity index (χ2n) is 4.05. The van der Waals surface area contributed by atoms with Gasteiger partial charge in [0.15, 0.2) is 6.20 Å². The van der Waals surface area contributed by atoms with Crippen LogP contribution in [0.4, 0.5) is 11.5 Å². The van der Waals surface area contributed by atoms with Crippen molar-refractivity contribution in [3.8, 4) is 6.07 Å². The molecule has 1 saturated heterocycles. The lowest BCUT2D eigenvalue weighted by atomic mass is 10.2. The molecule has 0 radical (unpaired) electrons. The van der Waals surface area contributed by atoms with Gasteiger partial charge in [-0.05, 0) is 16.0 Å². The van der Waals surface area contributed by atoms with Crippen molar-refractivity contribution in [2.24, 2.45) is 0 Å². The van der Waals surface area contributed by atoms with Crippen LogP contribution in [0, 0.1) is 21.4 Å². The Kier molecular flexibility index (Phi) is 3.69. The van der Waals surface area contributed by atoms with E-state index in [9.17, 15) is 10.1 Å². The van der Waals surface area contributed by atoms with Crippen molar-refractivity contribution in [1.82, 2.24) is 9.88 Å². The molecule has 18 heavy (non-hydrogen) atoms.